The Kier molecular flexibility index (Phi) is 5.83. The van der Waals surface area contributed by atoms with Crippen LogP contribution in [0, 0.1) is 0 Å². The third-order valence-corrected chi connectivity index (χ3v) is 4.23. The fraction of sp³-hybridized carbons (Fsp3) is 0.316. The highest BCUT2D eigenvalue weighted by Gasteiger charge is 2.30. The molecule has 1 amide bonds. The molecule has 0 unspecified atom stereocenters. The first-order valence-electron chi connectivity index (χ1n) is 8.48. The molecule has 2 aromatic carbocycles. The van der Waals surface area contributed by atoms with Crippen molar-refractivity contribution in [2.24, 2.45) is 0 Å². The van der Waals surface area contributed by atoms with Crippen molar-refractivity contribution in [3.63, 3.8) is 0 Å². The summed E-state index contributed by atoms with van der Waals surface area (Å²) >= 11 is 0. The van der Waals surface area contributed by atoms with Crippen LogP contribution in [0.15, 0.2) is 42.5 Å². The molecule has 0 saturated heterocycles. The van der Waals surface area contributed by atoms with Gasteiger partial charge in [0.1, 0.15) is 12.4 Å². The molecule has 0 radical (unpaired) electrons. The Balaban J connectivity index is 1.76. The number of amides is 1. The van der Waals surface area contributed by atoms with E-state index in [4.69, 9.17) is 4.74 Å². The van der Waals surface area contributed by atoms with Crippen LogP contribution < -0.4 is 15.4 Å². The number of alkyl halides is 5. The van der Waals surface area contributed by atoms with E-state index in [0.717, 1.165) is 12.1 Å². The van der Waals surface area contributed by atoms with Gasteiger partial charge in [0.05, 0.1) is 23.7 Å². The average molecular weight is 400 g/mol. The maximum atomic E-state index is 12.7. The van der Waals surface area contributed by atoms with Gasteiger partial charge in [0.25, 0.3) is 12.3 Å². The molecule has 2 N–H and O–H groups in total. The number of hydrogen-bond acceptors (Lipinski definition) is 3. The molecule has 0 aliphatic carbocycles. The summed E-state index contributed by atoms with van der Waals surface area (Å²) in [4.78, 5) is 12.5. The Morgan fingerprint density at radius 1 is 1.11 bits per heavy atom. The molecule has 150 valence electrons. The van der Waals surface area contributed by atoms with Gasteiger partial charge in [-0.2, -0.15) is 13.2 Å². The van der Waals surface area contributed by atoms with Crippen molar-refractivity contribution >= 4 is 5.91 Å². The summed E-state index contributed by atoms with van der Waals surface area (Å²) in [7, 11) is 0. The van der Waals surface area contributed by atoms with Crippen molar-refractivity contribution in [3.05, 3.63) is 53.6 Å². The van der Waals surface area contributed by atoms with Crippen LogP contribution in [-0.2, 0) is 6.18 Å². The molecule has 0 fully saturated rings. The van der Waals surface area contributed by atoms with E-state index in [0.29, 0.717) is 16.9 Å². The van der Waals surface area contributed by atoms with Crippen molar-refractivity contribution in [2.75, 3.05) is 19.7 Å². The number of carbonyl (C=O) groups is 1. The molecular formula is C19H17F5N2O2. The van der Waals surface area contributed by atoms with E-state index < -0.39 is 36.7 Å². The lowest BCUT2D eigenvalue weighted by atomic mass is 10.0. The predicted octanol–water partition coefficient (Wildman–Crippen LogP) is 3.72. The summed E-state index contributed by atoms with van der Waals surface area (Å²) < 4.78 is 68.1. The molecule has 28 heavy (non-hydrogen) atoms. The number of hydrogen-bond donors (Lipinski definition) is 2. The van der Waals surface area contributed by atoms with E-state index >= 15 is 0 Å². The van der Waals surface area contributed by atoms with Gasteiger partial charge < -0.3 is 15.4 Å². The molecule has 0 spiro atoms. The van der Waals surface area contributed by atoms with Crippen molar-refractivity contribution in [1.82, 2.24) is 10.6 Å². The predicted molar refractivity (Wildman–Crippen MR) is 92.5 cm³/mol. The monoisotopic (exact) mass is 400 g/mol. The minimum atomic E-state index is -4.42. The molecule has 4 nitrogen and oxygen atoms in total. The van der Waals surface area contributed by atoms with Gasteiger partial charge in [-0.05, 0) is 35.4 Å². The van der Waals surface area contributed by atoms with Crippen LogP contribution in [0.5, 0.6) is 5.75 Å². The van der Waals surface area contributed by atoms with Crippen molar-refractivity contribution in [2.45, 2.75) is 18.6 Å². The minimum Gasteiger partial charge on any atom is -0.491 e. The van der Waals surface area contributed by atoms with Crippen LogP contribution in [0.2, 0.25) is 0 Å². The Morgan fingerprint density at radius 3 is 2.43 bits per heavy atom. The minimum absolute atomic E-state index is 0.106. The van der Waals surface area contributed by atoms with Crippen LogP contribution in [0.1, 0.15) is 15.9 Å². The molecule has 3 rings (SSSR count). The summed E-state index contributed by atoms with van der Waals surface area (Å²) in [5, 5.41) is 5.24. The van der Waals surface area contributed by atoms with Crippen molar-refractivity contribution in [3.8, 4) is 16.9 Å². The van der Waals surface area contributed by atoms with Gasteiger partial charge in [-0.1, -0.05) is 18.2 Å². The van der Waals surface area contributed by atoms with Gasteiger partial charge in [-0.15, -0.1) is 0 Å². The van der Waals surface area contributed by atoms with E-state index in [1.54, 1.807) is 12.1 Å². The molecule has 0 saturated carbocycles. The molecule has 9 heteroatoms. The van der Waals surface area contributed by atoms with E-state index in [-0.39, 0.29) is 18.7 Å². The van der Waals surface area contributed by atoms with Gasteiger partial charge in [-0.3, -0.25) is 4.79 Å². The molecule has 1 heterocycles. The zero-order valence-corrected chi connectivity index (χ0v) is 14.5. The highest BCUT2D eigenvalue weighted by Crippen LogP contribution is 2.32. The van der Waals surface area contributed by atoms with Gasteiger partial charge in [0.2, 0.25) is 0 Å². The van der Waals surface area contributed by atoms with Crippen LogP contribution >= 0.6 is 0 Å². The number of benzene rings is 2. The van der Waals surface area contributed by atoms with Crippen molar-refractivity contribution in [1.29, 1.82) is 0 Å². The molecular weight excluding hydrogens is 383 g/mol. The zero-order chi connectivity index (χ0) is 20.3. The third-order valence-electron chi connectivity index (χ3n) is 4.23. The number of carbonyl (C=O) groups excluding carboxylic acids is 1. The second-order valence-corrected chi connectivity index (χ2v) is 6.32. The van der Waals surface area contributed by atoms with Crippen molar-refractivity contribution < 1.29 is 31.5 Å². The van der Waals surface area contributed by atoms with Gasteiger partial charge in [0.15, 0.2) is 0 Å². The van der Waals surface area contributed by atoms with E-state index in [9.17, 15) is 26.7 Å². The molecule has 0 bridgehead atoms. The summed E-state index contributed by atoms with van der Waals surface area (Å²) in [5.41, 5.74) is 0.545. The van der Waals surface area contributed by atoms with E-state index in [1.165, 1.54) is 18.2 Å². The van der Waals surface area contributed by atoms with Crippen LogP contribution in [-0.4, -0.2) is 38.1 Å². The smallest absolute Gasteiger partial charge is 0.416 e. The SMILES string of the molecule is O=C1N[C@H](CNCC(F)F)COc2ccc(-c3ccc(C(F)(F)F)cc3)cc21. The summed E-state index contributed by atoms with van der Waals surface area (Å²) in [6.07, 6.45) is -6.92. The Morgan fingerprint density at radius 2 is 1.79 bits per heavy atom. The Labute approximate surface area is 157 Å². The molecule has 2 aromatic rings. The third kappa shape index (κ3) is 4.78. The number of fused-ring (bicyclic) bond motifs is 1. The highest BCUT2D eigenvalue weighted by atomic mass is 19.4. The first-order valence-corrected chi connectivity index (χ1v) is 8.48. The number of ether oxygens (including phenoxy) is 1. The summed E-state index contributed by atoms with van der Waals surface area (Å²) in [6, 6.07) is 8.86. The second kappa shape index (κ2) is 8.14. The summed E-state index contributed by atoms with van der Waals surface area (Å²) in [5.74, 6) is -0.116. The van der Waals surface area contributed by atoms with Gasteiger partial charge in [-0.25, -0.2) is 8.78 Å². The maximum Gasteiger partial charge on any atom is 0.416 e. The highest BCUT2D eigenvalue weighted by molar-refractivity contribution is 5.98. The molecule has 1 aliphatic heterocycles. The number of rotatable bonds is 5. The molecule has 1 atom stereocenters. The Hall–Kier alpha value is -2.68. The molecule has 0 aromatic heterocycles. The topological polar surface area (TPSA) is 50.4 Å². The zero-order valence-electron chi connectivity index (χ0n) is 14.5. The van der Waals surface area contributed by atoms with E-state index in [2.05, 4.69) is 10.6 Å². The lowest BCUT2D eigenvalue weighted by Gasteiger charge is -2.15. The van der Waals surface area contributed by atoms with Crippen LogP contribution in [0.4, 0.5) is 22.0 Å². The maximum absolute atomic E-state index is 12.7. The first kappa shape index (κ1) is 20.1. The fourth-order valence-corrected chi connectivity index (χ4v) is 2.84. The normalized spacial score (nSPS) is 16.9. The Bertz CT molecular complexity index is 837. The number of nitrogens with one attached hydrogen (secondary N) is 2. The lowest BCUT2D eigenvalue weighted by molar-refractivity contribution is -0.137. The second-order valence-electron chi connectivity index (χ2n) is 6.32. The van der Waals surface area contributed by atoms with Gasteiger partial charge in [0, 0.05) is 6.54 Å². The van der Waals surface area contributed by atoms with E-state index in [1.807, 2.05) is 0 Å². The average Bonchev–Trinajstić information content (AvgIpc) is 2.79. The van der Waals surface area contributed by atoms with Gasteiger partial charge >= 0.3 is 6.18 Å². The molecule has 1 aliphatic rings. The lowest BCUT2D eigenvalue weighted by Crippen LogP contribution is -2.45. The standard InChI is InChI=1S/C19H17F5N2O2/c20-17(21)9-25-8-14-10-28-16-6-3-12(7-15(16)18(27)26-14)11-1-4-13(5-2-11)19(22,23)24/h1-7,14,17,25H,8-10H2,(H,26,27)/t14-/m1/s1. The van der Waals surface area contributed by atoms with Crippen LogP contribution in [0.25, 0.3) is 11.1 Å². The van der Waals surface area contributed by atoms with Crippen LogP contribution in [0.3, 0.4) is 0 Å². The fourth-order valence-electron chi connectivity index (χ4n) is 2.84. The first-order chi connectivity index (χ1) is 13.2. The summed E-state index contributed by atoms with van der Waals surface area (Å²) in [6.45, 7) is -0.262. The largest absolute Gasteiger partial charge is 0.491 e. The number of halogens is 5. The quantitative estimate of drug-likeness (QED) is 0.753.